The van der Waals surface area contributed by atoms with Crippen molar-refractivity contribution in [2.24, 2.45) is 5.10 Å². The van der Waals surface area contributed by atoms with E-state index in [9.17, 15) is 13.2 Å². The molecule has 1 N–H and O–H groups in total. The lowest BCUT2D eigenvalue weighted by atomic mass is 10.4. The van der Waals surface area contributed by atoms with E-state index < -0.39 is 12.0 Å². The van der Waals surface area contributed by atoms with Crippen molar-refractivity contribution in [3.05, 3.63) is 40.7 Å². The number of nitrogens with zero attached hydrogens (tertiary/aromatic N) is 4. The quantitative estimate of drug-likeness (QED) is 0.674. The van der Waals surface area contributed by atoms with E-state index in [1.165, 1.54) is 12.4 Å². The molecule has 0 saturated heterocycles. The van der Waals surface area contributed by atoms with E-state index in [4.69, 9.17) is 0 Å². The van der Waals surface area contributed by atoms with Gasteiger partial charge in [-0.25, -0.2) is 5.10 Å². The van der Waals surface area contributed by atoms with Crippen LogP contribution in [0.3, 0.4) is 0 Å². The van der Waals surface area contributed by atoms with Crippen LogP contribution in [0.25, 0.3) is 0 Å². The minimum atomic E-state index is -4.63. The Morgan fingerprint density at radius 3 is 2.78 bits per heavy atom. The highest BCUT2D eigenvalue weighted by Crippen LogP contribution is 2.27. The summed E-state index contributed by atoms with van der Waals surface area (Å²) in [4.78, 5) is 3.89. The molecule has 0 spiro atoms. The van der Waals surface area contributed by atoms with Crippen LogP contribution in [-0.2, 0) is 6.18 Å². The maximum Gasteiger partial charge on any atom is 0.453 e. The van der Waals surface area contributed by atoms with E-state index >= 15 is 0 Å². The molecule has 5 nitrogen and oxygen atoms in total. The fraction of sp³-hybridized carbons (Fsp3) is 0.111. The lowest BCUT2D eigenvalue weighted by Gasteiger charge is -2.03. The van der Waals surface area contributed by atoms with Crippen molar-refractivity contribution in [2.45, 2.75) is 6.18 Å². The Morgan fingerprint density at radius 2 is 2.17 bits per heavy atom. The second-order valence-corrected chi connectivity index (χ2v) is 3.55. The molecule has 9 heteroatoms. The van der Waals surface area contributed by atoms with Gasteiger partial charge in [0.2, 0.25) is 4.77 Å². The minimum absolute atomic E-state index is 0.241. The van der Waals surface area contributed by atoms with Gasteiger partial charge in [0.05, 0.1) is 11.9 Å². The number of halogens is 3. The van der Waals surface area contributed by atoms with Gasteiger partial charge in [-0.05, 0) is 24.4 Å². The summed E-state index contributed by atoms with van der Waals surface area (Å²) in [7, 11) is 0. The third kappa shape index (κ3) is 2.62. The molecule has 0 aromatic carbocycles. The third-order valence-electron chi connectivity index (χ3n) is 1.90. The van der Waals surface area contributed by atoms with Crippen molar-refractivity contribution in [3.63, 3.8) is 0 Å². The molecule has 2 aromatic heterocycles. The molecule has 2 heterocycles. The molecule has 0 aliphatic carbocycles. The molecule has 0 fully saturated rings. The molecule has 2 aromatic rings. The number of H-pyrrole nitrogens is 1. The number of aromatic nitrogens is 4. The molecule has 0 atom stereocenters. The Balaban J connectivity index is 2.38. The van der Waals surface area contributed by atoms with E-state index in [0.29, 0.717) is 10.4 Å². The average Bonchev–Trinajstić information content (AvgIpc) is 2.69. The third-order valence-corrected chi connectivity index (χ3v) is 2.16. The highest BCUT2D eigenvalue weighted by molar-refractivity contribution is 7.71. The second-order valence-electron chi connectivity index (χ2n) is 3.16. The van der Waals surface area contributed by atoms with Crippen molar-refractivity contribution < 1.29 is 13.2 Å². The Kier molecular flexibility index (Phi) is 3.24. The van der Waals surface area contributed by atoms with Crippen LogP contribution >= 0.6 is 12.2 Å². The predicted molar refractivity (Wildman–Crippen MR) is 59.6 cm³/mol. The monoisotopic (exact) mass is 273 g/mol. The standard InChI is InChI=1S/C9H6F3N5S/c10-9(11,12)7-15-16-8(18)17(7)14-5-6-3-1-2-4-13-6/h1-5H,(H,16,18). The summed E-state index contributed by atoms with van der Waals surface area (Å²) in [6.07, 6.45) is -1.96. The smallest absolute Gasteiger partial charge is 0.255 e. The lowest BCUT2D eigenvalue weighted by molar-refractivity contribution is -0.147. The first kappa shape index (κ1) is 12.4. The van der Waals surface area contributed by atoms with Crippen LogP contribution in [0.5, 0.6) is 0 Å². The largest absolute Gasteiger partial charge is 0.453 e. The topological polar surface area (TPSA) is 58.9 Å². The van der Waals surface area contributed by atoms with Gasteiger partial charge >= 0.3 is 6.18 Å². The fourth-order valence-corrected chi connectivity index (χ4v) is 1.33. The number of pyridine rings is 1. The fourth-order valence-electron chi connectivity index (χ4n) is 1.15. The highest BCUT2D eigenvalue weighted by Gasteiger charge is 2.37. The minimum Gasteiger partial charge on any atom is -0.255 e. The average molecular weight is 273 g/mol. The van der Waals surface area contributed by atoms with Gasteiger partial charge in [0, 0.05) is 6.20 Å². The van der Waals surface area contributed by atoms with Crippen LogP contribution in [0, 0.1) is 4.77 Å². The number of hydrogen-bond acceptors (Lipinski definition) is 4. The van der Waals surface area contributed by atoms with E-state index in [0.717, 1.165) is 0 Å². The Morgan fingerprint density at radius 1 is 1.39 bits per heavy atom. The maximum absolute atomic E-state index is 12.5. The lowest BCUT2D eigenvalue weighted by Crippen LogP contribution is -2.12. The van der Waals surface area contributed by atoms with Gasteiger partial charge in [-0.3, -0.25) is 4.98 Å². The van der Waals surface area contributed by atoms with Crippen molar-refractivity contribution in [2.75, 3.05) is 0 Å². The van der Waals surface area contributed by atoms with Crippen LogP contribution in [0.4, 0.5) is 13.2 Å². The van der Waals surface area contributed by atoms with Crippen molar-refractivity contribution in [1.29, 1.82) is 0 Å². The molecule has 0 radical (unpaired) electrons. The Bertz CT molecular complexity index is 613. The normalized spacial score (nSPS) is 12.2. The van der Waals surface area contributed by atoms with Crippen LogP contribution in [0.15, 0.2) is 29.5 Å². The van der Waals surface area contributed by atoms with Gasteiger partial charge in [0.25, 0.3) is 5.82 Å². The molecule has 0 aliphatic rings. The molecule has 0 amide bonds. The number of hydrogen-bond donors (Lipinski definition) is 1. The van der Waals surface area contributed by atoms with E-state index in [-0.39, 0.29) is 4.77 Å². The van der Waals surface area contributed by atoms with Gasteiger partial charge in [-0.15, -0.1) is 5.10 Å². The summed E-state index contributed by atoms with van der Waals surface area (Å²) in [5, 5.41) is 8.74. The molecule has 2 rings (SSSR count). The summed E-state index contributed by atoms with van der Waals surface area (Å²) in [6, 6.07) is 4.97. The first-order valence-electron chi connectivity index (χ1n) is 4.68. The summed E-state index contributed by atoms with van der Waals surface area (Å²) < 4.78 is 37.9. The second kappa shape index (κ2) is 4.69. The molecule has 0 saturated carbocycles. The van der Waals surface area contributed by atoms with E-state index in [1.54, 1.807) is 18.2 Å². The van der Waals surface area contributed by atoms with Gasteiger partial charge in [-0.1, -0.05) is 6.07 Å². The summed E-state index contributed by atoms with van der Waals surface area (Å²) in [6.45, 7) is 0. The molecular formula is C9H6F3N5S. The molecular weight excluding hydrogens is 267 g/mol. The molecule has 0 aliphatic heterocycles. The van der Waals surface area contributed by atoms with Crippen LogP contribution in [0.1, 0.15) is 11.5 Å². The van der Waals surface area contributed by atoms with Gasteiger partial charge in [-0.2, -0.15) is 22.9 Å². The molecule has 0 unspecified atom stereocenters. The first-order valence-corrected chi connectivity index (χ1v) is 5.09. The van der Waals surface area contributed by atoms with Gasteiger partial charge < -0.3 is 0 Å². The number of nitrogens with one attached hydrogen (secondary N) is 1. The molecule has 0 bridgehead atoms. The van der Waals surface area contributed by atoms with Crippen molar-refractivity contribution >= 4 is 18.4 Å². The van der Waals surface area contributed by atoms with Crippen LogP contribution < -0.4 is 0 Å². The van der Waals surface area contributed by atoms with E-state index in [2.05, 4.69) is 32.5 Å². The highest BCUT2D eigenvalue weighted by atomic mass is 32.1. The zero-order chi connectivity index (χ0) is 13.2. The zero-order valence-electron chi connectivity index (χ0n) is 8.72. The van der Waals surface area contributed by atoms with Crippen LogP contribution in [-0.4, -0.2) is 26.1 Å². The van der Waals surface area contributed by atoms with Gasteiger partial charge in [0.1, 0.15) is 0 Å². The van der Waals surface area contributed by atoms with E-state index in [1.807, 2.05) is 0 Å². The molecule has 18 heavy (non-hydrogen) atoms. The Hall–Kier alpha value is -2.03. The Labute approximate surface area is 104 Å². The predicted octanol–water partition coefficient (Wildman–Crippen LogP) is 2.24. The summed E-state index contributed by atoms with van der Waals surface area (Å²) in [5.74, 6) is -1.21. The first-order chi connectivity index (χ1) is 8.48. The number of rotatable bonds is 2. The van der Waals surface area contributed by atoms with Crippen LogP contribution in [0.2, 0.25) is 0 Å². The zero-order valence-corrected chi connectivity index (χ0v) is 9.53. The van der Waals surface area contributed by atoms with Crippen molar-refractivity contribution in [1.82, 2.24) is 19.9 Å². The number of alkyl halides is 3. The summed E-state index contributed by atoms with van der Waals surface area (Å²) >= 11 is 4.67. The molecule has 94 valence electrons. The summed E-state index contributed by atoms with van der Waals surface area (Å²) in [5.41, 5.74) is 0.411. The maximum atomic E-state index is 12.5. The van der Waals surface area contributed by atoms with Crippen molar-refractivity contribution in [3.8, 4) is 0 Å². The SMILES string of the molecule is FC(F)(F)c1n[nH]c(=S)n1N=Cc1ccccn1. The van der Waals surface area contributed by atoms with Gasteiger partial charge in [0.15, 0.2) is 0 Å². The number of aromatic amines is 1.